The van der Waals surface area contributed by atoms with Gasteiger partial charge >= 0.3 is 17.9 Å². The van der Waals surface area contributed by atoms with Gasteiger partial charge in [-0.2, -0.15) is 0 Å². The van der Waals surface area contributed by atoms with E-state index in [1.54, 1.807) is 0 Å². The molecule has 1 aromatic rings. The Kier molecular flexibility index (Phi) is 6.68. The summed E-state index contributed by atoms with van der Waals surface area (Å²) in [5.41, 5.74) is 0.150. The van der Waals surface area contributed by atoms with Crippen LogP contribution in [0.5, 0.6) is 0 Å². The molecule has 0 saturated carbocycles. The highest BCUT2D eigenvalue weighted by atomic mass is 16.5. The number of aliphatic carboxylic acids is 1. The third-order valence-corrected chi connectivity index (χ3v) is 2.58. The number of esters is 2. The van der Waals surface area contributed by atoms with Gasteiger partial charge in [-0.1, -0.05) is 0 Å². The van der Waals surface area contributed by atoms with Crippen molar-refractivity contribution in [1.82, 2.24) is 0 Å². The molecule has 0 fully saturated rings. The van der Waals surface area contributed by atoms with Gasteiger partial charge < -0.3 is 24.6 Å². The highest BCUT2D eigenvalue weighted by molar-refractivity contribution is 6.03. The normalized spacial score (nSPS) is 9.83. The lowest BCUT2D eigenvalue weighted by atomic mass is 10.1. The second-order valence-electron chi connectivity index (χ2n) is 4.18. The van der Waals surface area contributed by atoms with Crippen LogP contribution in [-0.4, -0.2) is 56.4 Å². The Morgan fingerprint density at radius 1 is 1.04 bits per heavy atom. The number of hydrogen-bond donors (Lipinski definition) is 2. The van der Waals surface area contributed by atoms with E-state index in [4.69, 9.17) is 5.11 Å². The number of anilines is 1. The molecule has 0 aromatic heterocycles. The monoisotopic (exact) mass is 325 g/mol. The quantitative estimate of drug-likeness (QED) is 0.685. The molecular weight excluding hydrogens is 310 g/mol. The fraction of sp³-hybridized carbons (Fsp3) is 0.286. The number of nitrogens with one attached hydrogen (secondary N) is 1. The van der Waals surface area contributed by atoms with E-state index in [1.165, 1.54) is 25.3 Å². The van der Waals surface area contributed by atoms with E-state index in [9.17, 15) is 19.2 Å². The predicted octanol–water partition coefficient (Wildman–Crippen LogP) is 0.299. The summed E-state index contributed by atoms with van der Waals surface area (Å²) in [5.74, 6) is -3.29. The number of ether oxygens (including phenoxy) is 3. The Balaban J connectivity index is 2.95. The van der Waals surface area contributed by atoms with Crippen LogP contribution in [0.4, 0.5) is 5.69 Å². The minimum absolute atomic E-state index is 0.0173. The largest absolute Gasteiger partial charge is 0.480 e. The van der Waals surface area contributed by atoms with Crippen LogP contribution in [0.3, 0.4) is 0 Å². The number of methoxy groups -OCH3 is 2. The van der Waals surface area contributed by atoms with Gasteiger partial charge in [-0.15, -0.1) is 0 Å². The highest BCUT2D eigenvalue weighted by Gasteiger charge is 2.17. The van der Waals surface area contributed by atoms with E-state index in [-0.39, 0.29) is 16.8 Å². The first-order valence-electron chi connectivity index (χ1n) is 6.29. The van der Waals surface area contributed by atoms with Crippen LogP contribution < -0.4 is 5.32 Å². The number of amides is 1. The molecule has 0 bridgehead atoms. The van der Waals surface area contributed by atoms with Gasteiger partial charge in [0.25, 0.3) is 0 Å². The molecule has 1 amide bonds. The van der Waals surface area contributed by atoms with E-state index < -0.39 is 37.0 Å². The van der Waals surface area contributed by atoms with Crippen LogP contribution in [0.25, 0.3) is 0 Å². The van der Waals surface area contributed by atoms with E-state index in [1.807, 2.05) is 0 Å². The molecule has 1 aromatic carbocycles. The maximum absolute atomic E-state index is 11.7. The highest BCUT2D eigenvalue weighted by Crippen LogP contribution is 2.19. The van der Waals surface area contributed by atoms with Gasteiger partial charge in [0.15, 0.2) is 0 Å². The van der Waals surface area contributed by atoms with Crippen LogP contribution in [-0.2, 0) is 23.8 Å². The maximum atomic E-state index is 11.7. The molecular formula is C14H15NO8. The number of benzene rings is 1. The van der Waals surface area contributed by atoms with E-state index in [0.29, 0.717) is 0 Å². The molecule has 0 aliphatic rings. The number of hydrogen-bond acceptors (Lipinski definition) is 7. The Morgan fingerprint density at radius 3 is 2.26 bits per heavy atom. The van der Waals surface area contributed by atoms with Crippen molar-refractivity contribution in [2.75, 3.05) is 32.8 Å². The molecule has 0 atom stereocenters. The summed E-state index contributed by atoms with van der Waals surface area (Å²) in [6, 6.07) is 3.88. The Hall–Kier alpha value is -2.94. The molecule has 0 aliphatic heterocycles. The SMILES string of the molecule is COC(=O)c1ccc(C(=O)OC)c(NC(=O)COCC(=O)O)c1. The molecule has 2 N–H and O–H groups in total. The lowest BCUT2D eigenvalue weighted by Crippen LogP contribution is -2.22. The standard InChI is InChI=1S/C14H15NO8/c1-21-13(19)8-3-4-9(14(20)22-2)10(5-8)15-11(16)6-23-7-12(17)18/h3-5H,6-7H2,1-2H3,(H,15,16)(H,17,18). The summed E-state index contributed by atoms with van der Waals surface area (Å²) in [6.07, 6.45) is 0. The smallest absolute Gasteiger partial charge is 0.339 e. The number of rotatable bonds is 7. The van der Waals surface area contributed by atoms with Gasteiger partial charge in [-0.05, 0) is 18.2 Å². The molecule has 0 unspecified atom stereocenters. The van der Waals surface area contributed by atoms with Gasteiger partial charge in [-0.25, -0.2) is 14.4 Å². The molecule has 1 rings (SSSR count). The molecule has 0 saturated heterocycles. The average molecular weight is 325 g/mol. The van der Waals surface area contributed by atoms with Crippen LogP contribution in [0.2, 0.25) is 0 Å². The fourth-order valence-electron chi connectivity index (χ4n) is 1.60. The van der Waals surface area contributed by atoms with E-state index >= 15 is 0 Å². The minimum Gasteiger partial charge on any atom is -0.480 e. The Bertz CT molecular complexity index is 625. The van der Waals surface area contributed by atoms with Gasteiger partial charge in [0.05, 0.1) is 31.0 Å². The Labute approximate surface area is 131 Å². The molecule has 124 valence electrons. The summed E-state index contributed by atoms with van der Waals surface area (Å²) >= 11 is 0. The van der Waals surface area contributed by atoms with Crippen molar-refractivity contribution in [3.05, 3.63) is 29.3 Å². The van der Waals surface area contributed by atoms with Gasteiger partial charge in [-0.3, -0.25) is 4.79 Å². The number of carboxylic acid groups (broad SMARTS) is 1. The van der Waals surface area contributed by atoms with Crippen molar-refractivity contribution in [1.29, 1.82) is 0 Å². The third-order valence-electron chi connectivity index (χ3n) is 2.58. The van der Waals surface area contributed by atoms with Gasteiger partial charge in [0.2, 0.25) is 5.91 Å². The first-order valence-corrected chi connectivity index (χ1v) is 6.29. The zero-order chi connectivity index (χ0) is 17.4. The molecule has 9 heteroatoms. The average Bonchev–Trinajstić information content (AvgIpc) is 2.52. The van der Waals surface area contributed by atoms with Crippen LogP contribution in [0.15, 0.2) is 18.2 Å². The summed E-state index contributed by atoms with van der Waals surface area (Å²) < 4.78 is 13.8. The number of carbonyl (C=O) groups is 4. The van der Waals surface area contributed by atoms with Crippen molar-refractivity contribution in [3.8, 4) is 0 Å². The fourth-order valence-corrected chi connectivity index (χ4v) is 1.60. The molecule has 9 nitrogen and oxygen atoms in total. The molecule has 23 heavy (non-hydrogen) atoms. The summed E-state index contributed by atoms with van der Waals surface area (Å²) in [6.45, 7) is -1.17. The second kappa shape index (κ2) is 8.49. The first kappa shape index (κ1) is 18.1. The summed E-state index contributed by atoms with van der Waals surface area (Å²) in [5, 5.41) is 10.8. The van der Waals surface area contributed by atoms with Crippen LogP contribution in [0.1, 0.15) is 20.7 Å². The number of carbonyl (C=O) groups excluding carboxylic acids is 3. The van der Waals surface area contributed by atoms with Crippen molar-refractivity contribution in [2.24, 2.45) is 0 Å². The molecule has 0 radical (unpaired) electrons. The Morgan fingerprint density at radius 2 is 1.70 bits per heavy atom. The topological polar surface area (TPSA) is 128 Å². The van der Waals surface area contributed by atoms with E-state index in [2.05, 4.69) is 19.5 Å². The van der Waals surface area contributed by atoms with Gasteiger partial charge in [0, 0.05) is 0 Å². The number of carboxylic acids is 1. The van der Waals surface area contributed by atoms with Crippen LogP contribution >= 0.6 is 0 Å². The lowest BCUT2D eigenvalue weighted by Gasteiger charge is -2.11. The van der Waals surface area contributed by atoms with Gasteiger partial charge in [0.1, 0.15) is 13.2 Å². The zero-order valence-electron chi connectivity index (χ0n) is 12.5. The predicted molar refractivity (Wildman–Crippen MR) is 76.2 cm³/mol. The van der Waals surface area contributed by atoms with Crippen molar-refractivity contribution >= 4 is 29.5 Å². The third kappa shape index (κ3) is 5.40. The summed E-state index contributed by atoms with van der Waals surface area (Å²) in [7, 11) is 2.35. The van der Waals surface area contributed by atoms with E-state index in [0.717, 1.165) is 7.11 Å². The molecule has 0 spiro atoms. The first-order chi connectivity index (χ1) is 10.9. The van der Waals surface area contributed by atoms with Crippen molar-refractivity contribution in [3.63, 3.8) is 0 Å². The lowest BCUT2D eigenvalue weighted by molar-refractivity contribution is -0.143. The summed E-state index contributed by atoms with van der Waals surface area (Å²) in [4.78, 5) is 45.2. The van der Waals surface area contributed by atoms with Crippen molar-refractivity contribution in [2.45, 2.75) is 0 Å². The zero-order valence-corrected chi connectivity index (χ0v) is 12.5. The second-order valence-corrected chi connectivity index (χ2v) is 4.18. The van der Waals surface area contributed by atoms with Crippen molar-refractivity contribution < 1.29 is 38.5 Å². The van der Waals surface area contributed by atoms with Crippen LogP contribution in [0, 0.1) is 0 Å². The minimum atomic E-state index is -1.22. The molecule has 0 aliphatic carbocycles. The maximum Gasteiger partial charge on any atom is 0.339 e. The molecule has 0 heterocycles.